The summed E-state index contributed by atoms with van der Waals surface area (Å²) in [6, 6.07) is 14.4. The summed E-state index contributed by atoms with van der Waals surface area (Å²) in [6.45, 7) is 3.35. The van der Waals surface area contributed by atoms with Gasteiger partial charge in [-0.2, -0.15) is 0 Å². The van der Waals surface area contributed by atoms with E-state index in [2.05, 4.69) is 41.5 Å². The van der Waals surface area contributed by atoms with Crippen LogP contribution in [-0.2, 0) is 17.9 Å². The first-order valence-corrected chi connectivity index (χ1v) is 7.96. The number of hydrogen-bond donors (Lipinski definition) is 1. The van der Waals surface area contributed by atoms with Gasteiger partial charge in [-0.05, 0) is 48.4 Å². The van der Waals surface area contributed by atoms with Crippen LogP contribution >= 0.6 is 0 Å². The summed E-state index contributed by atoms with van der Waals surface area (Å²) in [5.41, 5.74) is 5.51. The lowest BCUT2D eigenvalue weighted by Crippen LogP contribution is -2.04. The molecule has 1 heterocycles. The average molecular weight is 322 g/mol. The van der Waals surface area contributed by atoms with E-state index in [1.807, 2.05) is 24.4 Å². The van der Waals surface area contributed by atoms with Crippen LogP contribution in [0.25, 0.3) is 10.9 Å². The van der Waals surface area contributed by atoms with E-state index in [-0.39, 0.29) is 0 Å². The van der Waals surface area contributed by atoms with Crippen molar-refractivity contribution in [1.29, 1.82) is 0 Å². The minimum Gasteiger partial charge on any atom is -0.496 e. The van der Waals surface area contributed by atoms with Gasteiger partial charge in [0.2, 0.25) is 0 Å². The summed E-state index contributed by atoms with van der Waals surface area (Å²) in [4.78, 5) is 4.49. The maximum Gasteiger partial charge on any atom is 0.123 e. The topological polar surface area (TPSA) is 43.4 Å². The van der Waals surface area contributed by atoms with Crippen LogP contribution in [0.2, 0.25) is 0 Å². The van der Waals surface area contributed by atoms with Crippen molar-refractivity contribution in [3.05, 3.63) is 65.4 Å². The zero-order chi connectivity index (χ0) is 16.9. The highest BCUT2D eigenvalue weighted by Gasteiger charge is 2.07. The van der Waals surface area contributed by atoms with E-state index in [0.717, 1.165) is 33.5 Å². The number of pyridine rings is 1. The molecule has 124 valence electrons. The van der Waals surface area contributed by atoms with Crippen LogP contribution in [0.4, 0.5) is 5.69 Å². The van der Waals surface area contributed by atoms with E-state index in [1.165, 1.54) is 5.56 Å². The summed E-state index contributed by atoms with van der Waals surface area (Å²) in [6.07, 6.45) is 1.83. The molecule has 2 aromatic carbocycles. The third kappa shape index (κ3) is 3.34. The highest BCUT2D eigenvalue weighted by molar-refractivity contribution is 5.93. The second-order valence-electron chi connectivity index (χ2n) is 5.76. The van der Waals surface area contributed by atoms with Gasteiger partial charge in [0.05, 0.1) is 19.2 Å². The Balaban J connectivity index is 1.88. The first-order chi connectivity index (χ1) is 11.7. The van der Waals surface area contributed by atoms with E-state index in [4.69, 9.17) is 9.47 Å². The minimum atomic E-state index is 0.592. The summed E-state index contributed by atoms with van der Waals surface area (Å²) in [7, 11) is 3.40. The SMILES string of the molecule is COCc1ccc(OC)c(CNc2ccc(C)c3ncccc23)c1. The van der Waals surface area contributed by atoms with Crippen LogP contribution < -0.4 is 10.1 Å². The number of nitrogens with one attached hydrogen (secondary N) is 1. The zero-order valence-corrected chi connectivity index (χ0v) is 14.3. The fourth-order valence-electron chi connectivity index (χ4n) is 2.89. The molecule has 0 saturated heterocycles. The lowest BCUT2D eigenvalue weighted by atomic mass is 10.1. The quantitative estimate of drug-likeness (QED) is 0.734. The third-order valence-corrected chi connectivity index (χ3v) is 4.10. The molecule has 0 radical (unpaired) electrons. The molecule has 0 spiro atoms. The Morgan fingerprint density at radius 1 is 1.08 bits per heavy atom. The second kappa shape index (κ2) is 7.32. The predicted molar refractivity (Wildman–Crippen MR) is 97.5 cm³/mol. The van der Waals surface area contributed by atoms with Crippen molar-refractivity contribution < 1.29 is 9.47 Å². The van der Waals surface area contributed by atoms with Crippen molar-refractivity contribution in [2.45, 2.75) is 20.1 Å². The Labute approximate surface area is 142 Å². The first kappa shape index (κ1) is 16.3. The lowest BCUT2D eigenvalue weighted by molar-refractivity contribution is 0.185. The predicted octanol–water partition coefficient (Wildman–Crippen LogP) is 4.31. The Hall–Kier alpha value is -2.59. The van der Waals surface area contributed by atoms with E-state index >= 15 is 0 Å². The second-order valence-corrected chi connectivity index (χ2v) is 5.76. The maximum atomic E-state index is 5.48. The number of nitrogens with zero attached hydrogens (tertiary/aromatic N) is 1. The largest absolute Gasteiger partial charge is 0.496 e. The molecule has 1 aromatic heterocycles. The molecule has 4 nitrogen and oxygen atoms in total. The smallest absolute Gasteiger partial charge is 0.123 e. The van der Waals surface area contributed by atoms with Gasteiger partial charge in [-0.15, -0.1) is 0 Å². The Bertz CT molecular complexity index is 846. The molecule has 1 N–H and O–H groups in total. The monoisotopic (exact) mass is 322 g/mol. The fraction of sp³-hybridized carbons (Fsp3) is 0.250. The maximum absolute atomic E-state index is 5.48. The number of aryl methyl sites for hydroxylation is 1. The Morgan fingerprint density at radius 3 is 2.75 bits per heavy atom. The van der Waals surface area contributed by atoms with Crippen LogP contribution in [0.1, 0.15) is 16.7 Å². The van der Waals surface area contributed by atoms with E-state index in [1.54, 1.807) is 14.2 Å². The molecule has 3 aromatic rings. The van der Waals surface area contributed by atoms with Crippen molar-refractivity contribution >= 4 is 16.6 Å². The zero-order valence-electron chi connectivity index (χ0n) is 14.3. The van der Waals surface area contributed by atoms with Crippen molar-refractivity contribution in [3.8, 4) is 5.75 Å². The highest BCUT2D eigenvalue weighted by atomic mass is 16.5. The van der Waals surface area contributed by atoms with Crippen molar-refractivity contribution in [2.75, 3.05) is 19.5 Å². The molecule has 0 unspecified atom stereocenters. The van der Waals surface area contributed by atoms with E-state index < -0.39 is 0 Å². The average Bonchev–Trinajstić information content (AvgIpc) is 2.62. The van der Waals surface area contributed by atoms with Crippen LogP contribution in [0.5, 0.6) is 5.75 Å². The molecular formula is C20H22N2O2. The highest BCUT2D eigenvalue weighted by Crippen LogP contribution is 2.27. The van der Waals surface area contributed by atoms with Crippen molar-refractivity contribution in [2.24, 2.45) is 0 Å². The van der Waals surface area contributed by atoms with Crippen LogP contribution in [0.15, 0.2) is 48.7 Å². The molecule has 0 bridgehead atoms. The molecule has 0 saturated carbocycles. The molecule has 0 aliphatic rings. The Kier molecular flexibility index (Phi) is 4.96. The van der Waals surface area contributed by atoms with E-state index in [9.17, 15) is 0 Å². The molecule has 0 aliphatic heterocycles. The number of ether oxygens (including phenoxy) is 2. The van der Waals surface area contributed by atoms with Gasteiger partial charge in [0, 0.05) is 36.5 Å². The van der Waals surface area contributed by atoms with Crippen LogP contribution in [0, 0.1) is 6.92 Å². The molecule has 0 aliphatic carbocycles. The van der Waals surface area contributed by atoms with Gasteiger partial charge in [0.15, 0.2) is 0 Å². The number of benzene rings is 2. The molecule has 0 amide bonds. The fourth-order valence-corrected chi connectivity index (χ4v) is 2.89. The number of methoxy groups -OCH3 is 2. The number of aromatic nitrogens is 1. The molecule has 0 atom stereocenters. The number of fused-ring (bicyclic) bond motifs is 1. The molecular weight excluding hydrogens is 300 g/mol. The number of anilines is 1. The van der Waals surface area contributed by atoms with Gasteiger partial charge < -0.3 is 14.8 Å². The summed E-state index contributed by atoms with van der Waals surface area (Å²) in [5.74, 6) is 0.872. The first-order valence-electron chi connectivity index (χ1n) is 7.96. The van der Waals surface area contributed by atoms with Crippen LogP contribution in [-0.4, -0.2) is 19.2 Å². The van der Waals surface area contributed by atoms with Crippen molar-refractivity contribution in [1.82, 2.24) is 4.98 Å². The molecule has 4 heteroatoms. The lowest BCUT2D eigenvalue weighted by Gasteiger charge is -2.14. The standard InChI is InChI=1S/C20H22N2O2/c1-14-6-8-18(17-5-4-10-21-20(14)17)22-12-16-11-15(13-23-2)7-9-19(16)24-3/h4-11,22H,12-13H2,1-3H3. The van der Waals surface area contributed by atoms with Gasteiger partial charge in [-0.1, -0.05) is 12.1 Å². The number of rotatable bonds is 6. The van der Waals surface area contributed by atoms with Gasteiger partial charge in [-0.3, -0.25) is 4.98 Å². The van der Waals surface area contributed by atoms with E-state index in [0.29, 0.717) is 13.2 Å². The molecule has 3 rings (SSSR count). The number of hydrogen-bond acceptors (Lipinski definition) is 4. The van der Waals surface area contributed by atoms with Crippen molar-refractivity contribution in [3.63, 3.8) is 0 Å². The van der Waals surface area contributed by atoms with Gasteiger partial charge in [0.25, 0.3) is 0 Å². The molecule has 0 fully saturated rings. The summed E-state index contributed by atoms with van der Waals surface area (Å²) >= 11 is 0. The van der Waals surface area contributed by atoms with Gasteiger partial charge in [-0.25, -0.2) is 0 Å². The summed E-state index contributed by atoms with van der Waals surface area (Å²) < 4.78 is 10.7. The third-order valence-electron chi connectivity index (χ3n) is 4.10. The van der Waals surface area contributed by atoms with Crippen LogP contribution in [0.3, 0.4) is 0 Å². The normalized spacial score (nSPS) is 10.8. The Morgan fingerprint density at radius 2 is 1.96 bits per heavy atom. The minimum absolute atomic E-state index is 0.592. The molecule has 24 heavy (non-hydrogen) atoms. The summed E-state index contributed by atoms with van der Waals surface area (Å²) in [5, 5.41) is 4.64. The van der Waals surface area contributed by atoms with Gasteiger partial charge >= 0.3 is 0 Å². The van der Waals surface area contributed by atoms with Gasteiger partial charge in [0.1, 0.15) is 5.75 Å².